The van der Waals surface area contributed by atoms with E-state index in [0.717, 1.165) is 17.7 Å². The van der Waals surface area contributed by atoms with Crippen LogP contribution in [0.5, 0.6) is 5.75 Å². The lowest BCUT2D eigenvalue weighted by molar-refractivity contribution is 0.315. The summed E-state index contributed by atoms with van der Waals surface area (Å²) in [7, 11) is 0. The van der Waals surface area contributed by atoms with E-state index in [2.05, 4.69) is 32.2 Å². The second-order valence-electron chi connectivity index (χ2n) is 6.47. The number of ether oxygens (including phenoxy) is 1. The summed E-state index contributed by atoms with van der Waals surface area (Å²) in [6.07, 6.45) is 9.13. The first-order chi connectivity index (χ1) is 14.3. The zero-order valence-electron chi connectivity index (χ0n) is 16.1. The molecule has 29 heavy (non-hydrogen) atoms. The number of aromatic nitrogens is 4. The van der Waals surface area contributed by atoms with Gasteiger partial charge in [-0.25, -0.2) is 9.97 Å². The molecule has 0 amide bonds. The van der Waals surface area contributed by atoms with Gasteiger partial charge in [-0.2, -0.15) is 0 Å². The molecular weight excluding hydrogens is 366 g/mol. The Kier molecular flexibility index (Phi) is 5.76. The topological polar surface area (TPSA) is 86.0 Å². The predicted molar refractivity (Wildman–Crippen MR) is 111 cm³/mol. The minimum Gasteiger partial charge on any atom is -0.494 e. The molecule has 1 aromatic carbocycles. The number of anilines is 1. The highest BCUT2D eigenvalue weighted by Crippen LogP contribution is 2.29. The molecule has 0 aliphatic rings. The van der Waals surface area contributed by atoms with Crippen molar-refractivity contribution in [3.05, 3.63) is 73.0 Å². The number of aryl methyl sites for hydroxylation is 1. The molecule has 1 N–H and O–H groups in total. The molecule has 0 aliphatic heterocycles. The molecule has 0 saturated carbocycles. The largest absolute Gasteiger partial charge is 0.494 e. The normalized spacial score (nSPS) is 10.7. The smallest absolute Gasteiger partial charge is 0.223 e. The fraction of sp³-hybridized carbons (Fsp3) is 0.182. The van der Waals surface area contributed by atoms with Crippen molar-refractivity contribution in [3.8, 4) is 28.5 Å². The van der Waals surface area contributed by atoms with E-state index in [-0.39, 0.29) is 0 Å². The zero-order valence-corrected chi connectivity index (χ0v) is 16.1. The summed E-state index contributed by atoms with van der Waals surface area (Å²) < 4.78 is 11.3. The molecule has 7 nitrogen and oxygen atoms in total. The summed E-state index contributed by atoms with van der Waals surface area (Å²) in [5.41, 5.74) is 3.34. The number of nitrogens with one attached hydrogen (secondary N) is 1. The van der Waals surface area contributed by atoms with Crippen LogP contribution in [0.4, 0.5) is 5.95 Å². The highest BCUT2D eigenvalue weighted by molar-refractivity contribution is 5.76. The van der Waals surface area contributed by atoms with E-state index < -0.39 is 0 Å². The van der Waals surface area contributed by atoms with Gasteiger partial charge < -0.3 is 14.5 Å². The van der Waals surface area contributed by atoms with Crippen molar-refractivity contribution in [3.63, 3.8) is 0 Å². The molecule has 0 unspecified atom stereocenters. The molecule has 0 spiro atoms. The van der Waals surface area contributed by atoms with Gasteiger partial charge in [0, 0.05) is 30.7 Å². The molecule has 7 heteroatoms. The van der Waals surface area contributed by atoms with E-state index in [4.69, 9.17) is 9.15 Å². The van der Waals surface area contributed by atoms with Gasteiger partial charge in [0.1, 0.15) is 11.4 Å². The Morgan fingerprint density at radius 1 is 1.03 bits per heavy atom. The van der Waals surface area contributed by atoms with Crippen LogP contribution in [0, 0.1) is 6.92 Å². The van der Waals surface area contributed by atoms with Gasteiger partial charge in [-0.15, -0.1) is 0 Å². The van der Waals surface area contributed by atoms with Crippen molar-refractivity contribution < 1.29 is 9.15 Å². The number of hydrogen-bond acceptors (Lipinski definition) is 7. The number of furan rings is 1. The van der Waals surface area contributed by atoms with Gasteiger partial charge in [0.05, 0.1) is 24.8 Å². The average Bonchev–Trinajstić information content (AvgIpc) is 3.30. The molecule has 0 bridgehead atoms. The average molecular weight is 387 g/mol. The summed E-state index contributed by atoms with van der Waals surface area (Å²) in [6, 6.07) is 11.7. The summed E-state index contributed by atoms with van der Waals surface area (Å²) in [5, 5.41) is 3.24. The number of hydrogen-bond donors (Lipinski definition) is 1. The minimum atomic E-state index is 0.527. The van der Waals surface area contributed by atoms with Crippen molar-refractivity contribution in [2.45, 2.75) is 13.3 Å². The van der Waals surface area contributed by atoms with Crippen LogP contribution < -0.4 is 10.1 Å². The Hall–Kier alpha value is -3.74. The van der Waals surface area contributed by atoms with E-state index in [1.165, 1.54) is 5.56 Å². The number of nitrogens with zero attached hydrogens (tertiary/aromatic N) is 4. The lowest BCUT2D eigenvalue weighted by atomic mass is 10.1. The van der Waals surface area contributed by atoms with Crippen LogP contribution >= 0.6 is 0 Å². The summed E-state index contributed by atoms with van der Waals surface area (Å²) >= 11 is 0. The summed E-state index contributed by atoms with van der Waals surface area (Å²) in [5.74, 6) is 2.05. The summed E-state index contributed by atoms with van der Waals surface area (Å²) in [4.78, 5) is 17.5. The SMILES string of the molecule is Cc1ccc(OCCCNc2ncc(-c3cnccn3)c(-c3ccco3)n2)cc1. The second kappa shape index (κ2) is 8.97. The Labute approximate surface area is 168 Å². The minimum absolute atomic E-state index is 0.527. The third kappa shape index (κ3) is 4.76. The molecule has 0 radical (unpaired) electrons. The molecular formula is C22H21N5O2. The van der Waals surface area contributed by atoms with Crippen molar-refractivity contribution in [1.29, 1.82) is 0 Å². The van der Waals surface area contributed by atoms with Crippen molar-refractivity contribution in [1.82, 2.24) is 19.9 Å². The van der Waals surface area contributed by atoms with Crippen molar-refractivity contribution in [2.75, 3.05) is 18.5 Å². The Balaban J connectivity index is 1.40. The molecule has 146 valence electrons. The van der Waals surface area contributed by atoms with Gasteiger partial charge in [-0.1, -0.05) is 17.7 Å². The van der Waals surface area contributed by atoms with Crippen LogP contribution in [-0.4, -0.2) is 33.1 Å². The third-order valence-corrected chi connectivity index (χ3v) is 4.28. The number of rotatable bonds is 8. The Morgan fingerprint density at radius 3 is 2.69 bits per heavy atom. The van der Waals surface area contributed by atoms with E-state index in [1.807, 2.05) is 36.4 Å². The predicted octanol–water partition coefficient (Wildman–Crippen LogP) is 4.38. The molecule has 0 aliphatic carbocycles. The Morgan fingerprint density at radius 2 is 1.93 bits per heavy atom. The monoisotopic (exact) mass is 387 g/mol. The van der Waals surface area contributed by atoms with Crippen LogP contribution in [-0.2, 0) is 0 Å². The maximum Gasteiger partial charge on any atom is 0.223 e. The third-order valence-electron chi connectivity index (χ3n) is 4.28. The van der Waals surface area contributed by atoms with Gasteiger partial charge in [0.25, 0.3) is 0 Å². The maximum absolute atomic E-state index is 5.75. The van der Waals surface area contributed by atoms with E-state index in [0.29, 0.717) is 36.2 Å². The molecule has 3 aromatic heterocycles. The zero-order chi connectivity index (χ0) is 19.9. The second-order valence-corrected chi connectivity index (χ2v) is 6.47. The Bertz CT molecular complexity index is 1030. The summed E-state index contributed by atoms with van der Waals surface area (Å²) in [6.45, 7) is 3.35. The van der Waals surface area contributed by atoms with Gasteiger partial charge in [0.15, 0.2) is 5.76 Å². The fourth-order valence-corrected chi connectivity index (χ4v) is 2.79. The quantitative estimate of drug-likeness (QED) is 0.449. The molecule has 0 saturated heterocycles. The van der Waals surface area contributed by atoms with E-state index in [1.54, 1.807) is 31.1 Å². The van der Waals surface area contributed by atoms with Crippen molar-refractivity contribution >= 4 is 5.95 Å². The van der Waals surface area contributed by atoms with E-state index >= 15 is 0 Å². The van der Waals surface area contributed by atoms with Crippen molar-refractivity contribution in [2.24, 2.45) is 0 Å². The molecule has 0 atom stereocenters. The standard InChI is InChI=1S/C22H21N5O2/c1-16-5-7-17(8-6-16)28-13-3-9-25-22-26-14-18(19-15-23-10-11-24-19)21(27-22)20-4-2-12-29-20/h2,4-8,10-12,14-15H,3,9,13H2,1H3,(H,25,26,27). The first-order valence-corrected chi connectivity index (χ1v) is 9.40. The van der Waals surface area contributed by atoms with E-state index in [9.17, 15) is 0 Å². The fourth-order valence-electron chi connectivity index (χ4n) is 2.79. The maximum atomic E-state index is 5.75. The van der Waals surface area contributed by atoms with Crippen LogP contribution in [0.15, 0.2) is 71.9 Å². The lowest BCUT2D eigenvalue weighted by Crippen LogP contribution is -2.10. The van der Waals surface area contributed by atoms with Crippen LogP contribution in [0.2, 0.25) is 0 Å². The first-order valence-electron chi connectivity index (χ1n) is 9.40. The van der Waals surface area contributed by atoms with Gasteiger partial charge >= 0.3 is 0 Å². The van der Waals surface area contributed by atoms with Gasteiger partial charge in [0.2, 0.25) is 5.95 Å². The van der Waals surface area contributed by atoms with Gasteiger partial charge in [-0.3, -0.25) is 9.97 Å². The highest BCUT2D eigenvalue weighted by Gasteiger charge is 2.14. The van der Waals surface area contributed by atoms with Gasteiger partial charge in [-0.05, 0) is 37.6 Å². The molecule has 0 fully saturated rings. The molecule has 3 heterocycles. The molecule has 4 aromatic rings. The number of benzene rings is 1. The van der Waals surface area contributed by atoms with Crippen LogP contribution in [0.1, 0.15) is 12.0 Å². The highest BCUT2D eigenvalue weighted by atomic mass is 16.5. The molecule has 4 rings (SSSR count). The van der Waals surface area contributed by atoms with Crippen LogP contribution in [0.25, 0.3) is 22.7 Å². The van der Waals surface area contributed by atoms with Crippen LogP contribution in [0.3, 0.4) is 0 Å². The first kappa shape index (κ1) is 18.6. The lowest BCUT2D eigenvalue weighted by Gasteiger charge is -2.10.